The molecule has 0 fully saturated rings. The van der Waals surface area contributed by atoms with Gasteiger partial charge in [-0.05, 0) is 18.3 Å². The van der Waals surface area contributed by atoms with E-state index in [0.29, 0.717) is 28.8 Å². The first-order valence-corrected chi connectivity index (χ1v) is 7.46. The van der Waals surface area contributed by atoms with Crippen LogP contribution >= 0.6 is 12.2 Å². The Labute approximate surface area is 126 Å². The van der Waals surface area contributed by atoms with Gasteiger partial charge in [-0.15, -0.1) is 0 Å². The lowest BCUT2D eigenvalue weighted by Gasteiger charge is -2.26. The number of hydrogen-bond acceptors (Lipinski definition) is 5. The lowest BCUT2D eigenvalue weighted by atomic mass is 9.90. The van der Waals surface area contributed by atoms with Crippen molar-refractivity contribution >= 4 is 23.6 Å². The molecule has 0 spiro atoms. The highest BCUT2D eigenvalue weighted by atomic mass is 32.1. The Morgan fingerprint density at radius 1 is 1.35 bits per heavy atom. The highest BCUT2D eigenvalue weighted by Crippen LogP contribution is 2.28. The van der Waals surface area contributed by atoms with Gasteiger partial charge in [0, 0.05) is 27.2 Å². The lowest BCUT2D eigenvalue weighted by Crippen LogP contribution is -2.30. The third-order valence-corrected chi connectivity index (χ3v) is 3.67. The van der Waals surface area contributed by atoms with Crippen molar-refractivity contribution in [3.8, 4) is 0 Å². The monoisotopic (exact) mass is 298 g/mol. The molecule has 0 radical (unpaired) electrons. The fourth-order valence-electron chi connectivity index (χ4n) is 2.14. The van der Waals surface area contributed by atoms with Crippen LogP contribution in [0.2, 0.25) is 0 Å². The van der Waals surface area contributed by atoms with E-state index in [2.05, 4.69) is 31.0 Å². The van der Waals surface area contributed by atoms with Crippen LogP contribution in [-0.2, 0) is 4.74 Å². The Morgan fingerprint density at radius 2 is 2.00 bits per heavy atom. The van der Waals surface area contributed by atoms with Gasteiger partial charge in [0.15, 0.2) is 0 Å². The number of nitrogens with one attached hydrogen (secondary N) is 1. The van der Waals surface area contributed by atoms with Gasteiger partial charge in [0.1, 0.15) is 10.2 Å². The zero-order valence-electron chi connectivity index (χ0n) is 13.2. The molecule has 4 nitrogen and oxygen atoms in total. The van der Waals surface area contributed by atoms with Crippen molar-refractivity contribution in [3.63, 3.8) is 0 Å². The Hall–Kier alpha value is -0.940. The average Bonchev–Trinajstić information content (AvgIpc) is 2.35. The van der Waals surface area contributed by atoms with Crippen molar-refractivity contribution in [3.05, 3.63) is 14.7 Å². The smallest absolute Gasteiger partial charge is 0.223 e. The Morgan fingerprint density at radius 3 is 2.55 bits per heavy atom. The normalized spacial score (nSPS) is 11.8. The topological polar surface area (TPSA) is 41.6 Å². The maximum atomic E-state index is 11.8. The highest BCUT2D eigenvalue weighted by Gasteiger charge is 2.21. The van der Waals surface area contributed by atoms with E-state index in [0.717, 1.165) is 25.1 Å². The first-order valence-electron chi connectivity index (χ1n) is 7.05. The number of ether oxygens (including phenoxy) is 1. The minimum atomic E-state index is -0.0474. The predicted molar refractivity (Wildman–Crippen MR) is 88.2 cm³/mol. The molecule has 0 aliphatic rings. The summed E-state index contributed by atoms with van der Waals surface area (Å²) in [4.78, 5) is 13.9. The summed E-state index contributed by atoms with van der Waals surface area (Å²) in [6, 6.07) is 0. The quantitative estimate of drug-likeness (QED) is 0.590. The Bertz CT molecular complexity index is 499. The largest absolute Gasteiger partial charge is 0.383 e. The lowest BCUT2D eigenvalue weighted by molar-refractivity contribution is 0.210. The van der Waals surface area contributed by atoms with E-state index in [-0.39, 0.29) is 5.43 Å². The fourth-order valence-corrected chi connectivity index (χ4v) is 2.50. The summed E-state index contributed by atoms with van der Waals surface area (Å²) in [6.45, 7) is 8.82. The second kappa shape index (κ2) is 7.18. The minimum absolute atomic E-state index is 0.0474. The molecule has 0 unspecified atom stereocenters. The van der Waals surface area contributed by atoms with E-state index in [9.17, 15) is 4.79 Å². The minimum Gasteiger partial charge on any atom is -0.383 e. The van der Waals surface area contributed by atoms with Crippen LogP contribution in [0.1, 0.15) is 33.6 Å². The van der Waals surface area contributed by atoms with E-state index < -0.39 is 0 Å². The maximum Gasteiger partial charge on any atom is 0.223 e. The van der Waals surface area contributed by atoms with E-state index in [1.807, 2.05) is 7.05 Å². The van der Waals surface area contributed by atoms with Crippen LogP contribution in [0.4, 0.5) is 11.4 Å². The number of anilines is 2. The molecule has 1 aromatic carbocycles. The number of methoxy groups -OCH3 is 1. The zero-order chi connectivity index (χ0) is 15.3. The summed E-state index contributed by atoms with van der Waals surface area (Å²) in [7, 11) is 3.64. The molecule has 0 saturated heterocycles. The zero-order valence-corrected chi connectivity index (χ0v) is 14.0. The number of nitrogens with zero attached hydrogens (tertiary/aromatic N) is 1. The van der Waals surface area contributed by atoms with Crippen LogP contribution < -0.4 is 15.6 Å². The molecule has 1 rings (SSSR count). The van der Waals surface area contributed by atoms with Crippen LogP contribution in [0.5, 0.6) is 0 Å². The average molecular weight is 298 g/mol. The molecule has 0 heterocycles. The molecule has 0 atom stereocenters. The second-order valence-electron chi connectivity index (χ2n) is 6.39. The fraction of sp³-hybridized carbons (Fsp3) is 0.733. The van der Waals surface area contributed by atoms with E-state index >= 15 is 0 Å². The van der Waals surface area contributed by atoms with Gasteiger partial charge >= 0.3 is 0 Å². The molecule has 0 aliphatic carbocycles. The van der Waals surface area contributed by atoms with Crippen molar-refractivity contribution in [1.82, 2.24) is 0 Å². The van der Waals surface area contributed by atoms with Gasteiger partial charge in [0.05, 0.1) is 12.3 Å². The number of hydrogen-bond donors (Lipinski definition) is 1. The van der Waals surface area contributed by atoms with E-state index in [4.69, 9.17) is 17.0 Å². The van der Waals surface area contributed by atoms with Crippen LogP contribution in [0.25, 0.3) is 0 Å². The summed E-state index contributed by atoms with van der Waals surface area (Å²) in [5.74, 6) is 0. The molecule has 0 aromatic heterocycles. The Balaban J connectivity index is 2.59. The molecule has 0 aliphatic heterocycles. The van der Waals surface area contributed by atoms with Gasteiger partial charge in [-0.3, -0.25) is 4.79 Å². The summed E-state index contributed by atoms with van der Waals surface area (Å²) in [5, 5.41) is 3.11. The number of rotatable bonds is 8. The summed E-state index contributed by atoms with van der Waals surface area (Å²) in [6.07, 6.45) is 2.24. The van der Waals surface area contributed by atoms with Crippen molar-refractivity contribution in [1.29, 1.82) is 0 Å². The molecule has 0 saturated carbocycles. The van der Waals surface area contributed by atoms with Crippen LogP contribution in [-0.4, -0.2) is 33.9 Å². The first-order chi connectivity index (χ1) is 9.28. The highest BCUT2D eigenvalue weighted by molar-refractivity contribution is 7.71. The molecule has 0 bridgehead atoms. The molecular formula is C15H26N2O2S. The first kappa shape index (κ1) is 17.1. The third kappa shape index (κ3) is 4.56. The van der Waals surface area contributed by atoms with Crippen LogP contribution in [0, 0.1) is 9.93 Å². The summed E-state index contributed by atoms with van der Waals surface area (Å²) < 4.78 is 5.43. The third-order valence-electron chi connectivity index (χ3n) is 3.30. The van der Waals surface area contributed by atoms with Gasteiger partial charge in [-0.1, -0.05) is 33.0 Å². The van der Waals surface area contributed by atoms with Crippen LogP contribution in [0.3, 0.4) is 0 Å². The van der Waals surface area contributed by atoms with Crippen LogP contribution in [0.15, 0.2) is 4.79 Å². The molecular weight excluding hydrogens is 272 g/mol. The molecule has 1 N–H and O–H groups in total. The van der Waals surface area contributed by atoms with Gasteiger partial charge in [0.25, 0.3) is 0 Å². The maximum absolute atomic E-state index is 11.8. The standard InChI is InChI=1S/C15H26N2O2S/c1-15(2,3)7-6-9-17(4)12-11(13(18)14(12)20)16-8-10-19-5/h16H,6-10H2,1-5H3. The molecule has 5 heteroatoms. The van der Waals surface area contributed by atoms with Gasteiger partial charge in [0.2, 0.25) is 5.43 Å². The summed E-state index contributed by atoms with van der Waals surface area (Å²) >= 11 is 5.16. The molecule has 0 amide bonds. The summed E-state index contributed by atoms with van der Waals surface area (Å²) in [5.41, 5.74) is 1.82. The van der Waals surface area contributed by atoms with E-state index in [1.54, 1.807) is 7.11 Å². The second-order valence-corrected chi connectivity index (χ2v) is 6.80. The van der Waals surface area contributed by atoms with E-state index in [1.165, 1.54) is 0 Å². The van der Waals surface area contributed by atoms with Crippen molar-refractivity contribution < 1.29 is 4.74 Å². The van der Waals surface area contributed by atoms with Gasteiger partial charge < -0.3 is 15.0 Å². The molecule has 114 valence electrons. The molecule has 1 aromatic rings. The SMILES string of the molecule is COCCNc1c(N(C)CCCC(C)(C)C)c(=S)c1=O. The Kier molecular flexibility index (Phi) is 6.14. The molecule has 20 heavy (non-hydrogen) atoms. The van der Waals surface area contributed by atoms with Crippen molar-refractivity contribution in [2.24, 2.45) is 5.41 Å². The van der Waals surface area contributed by atoms with Gasteiger partial charge in [-0.2, -0.15) is 0 Å². The van der Waals surface area contributed by atoms with Gasteiger partial charge in [-0.25, -0.2) is 0 Å². The van der Waals surface area contributed by atoms with Crippen molar-refractivity contribution in [2.45, 2.75) is 33.6 Å². The predicted octanol–water partition coefficient (Wildman–Crippen LogP) is 2.97. The van der Waals surface area contributed by atoms with Crippen molar-refractivity contribution in [2.75, 3.05) is 44.1 Å².